The van der Waals surface area contributed by atoms with Crippen molar-refractivity contribution in [2.75, 3.05) is 19.8 Å². The zero-order valence-corrected chi connectivity index (χ0v) is 12.4. The number of carbonyl (C=O) groups excluding carboxylic acids is 1. The highest BCUT2D eigenvalue weighted by atomic mass is 16.5. The molecule has 6 nitrogen and oxygen atoms in total. The predicted octanol–water partition coefficient (Wildman–Crippen LogP) is 1.89. The summed E-state index contributed by atoms with van der Waals surface area (Å²) in [6, 6.07) is 6.86. The number of carbonyl (C=O) groups is 1. The van der Waals surface area contributed by atoms with Gasteiger partial charge in [0.2, 0.25) is 0 Å². The van der Waals surface area contributed by atoms with E-state index in [1.807, 2.05) is 10.8 Å². The van der Waals surface area contributed by atoms with Gasteiger partial charge in [0.15, 0.2) is 0 Å². The summed E-state index contributed by atoms with van der Waals surface area (Å²) in [5.74, 6) is 0.347. The van der Waals surface area contributed by atoms with Gasteiger partial charge in [0.05, 0.1) is 25.0 Å². The highest BCUT2D eigenvalue weighted by molar-refractivity contribution is 5.89. The molecule has 0 atom stereocenters. The van der Waals surface area contributed by atoms with Crippen LogP contribution >= 0.6 is 0 Å². The molecule has 1 N–H and O–H groups in total. The first-order valence-electron chi connectivity index (χ1n) is 7.26. The van der Waals surface area contributed by atoms with Crippen molar-refractivity contribution in [2.24, 2.45) is 0 Å². The van der Waals surface area contributed by atoms with Gasteiger partial charge in [-0.15, -0.1) is 0 Å². The van der Waals surface area contributed by atoms with Gasteiger partial charge in [-0.25, -0.2) is 9.78 Å². The van der Waals surface area contributed by atoms with Crippen LogP contribution in [0.15, 0.2) is 43.0 Å². The molecule has 2 rings (SSSR count). The molecule has 118 valence electrons. The van der Waals surface area contributed by atoms with Gasteiger partial charge in [0, 0.05) is 19.0 Å². The number of imidazole rings is 1. The third-order valence-electron chi connectivity index (χ3n) is 3.05. The van der Waals surface area contributed by atoms with E-state index in [0.29, 0.717) is 43.9 Å². The number of hydrogen-bond donors (Lipinski definition) is 1. The summed E-state index contributed by atoms with van der Waals surface area (Å²) >= 11 is 0. The van der Waals surface area contributed by atoms with Gasteiger partial charge in [0.25, 0.3) is 0 Å². The molecule has 0 unspecified atom stereocenters. The van der Waals surface area contributed by atoms with E-state index in [1.165, 1.54) is 0 Å². The second-order valence-electron chi connectivity index (χ2n) is 4.74. The maximum absolute atomic E-state index is 11.8. The van der Waals surface area contributed by atoms with Crippen molar-refractivity contribution >= 4 is 5.97 Å². The number of nitrogens with zero attached hydrogens (tertiary/aromatic N) is 2. The first-order chi connectivity index (χ1) is 10.8. The van der Waals surface area contributed by atoms with E-state index < -0.39 is 0 Å². The minimum Gasteiger partial charge on any atom is -0.492 e. The van der Waals surface area contributed by atoms with Crippen molar-refractivity contribution in [1.29, 1.82) is 0 Å². The molecule has 0 spiro atoms. The Kier molecular flexibility index (Phi) is 6.44. The third-order valence-corrected chi connectivity index (χ3v) is 3.05. The Morgan fingerprint density at radius 1 is 1.18 bits per heavy atom. The first kappa shape index (κ1) is 16.0. The second kappa shape index (κ2) is 8.84. The summed E-state index contributed by atoms with van der Waals surface area (Å²) < 4.78 is 12.6. The van der Waals surface area contributed by atoms with Crippen LogP contribution in [0.2, 0.25) is 0 Å². The zero-order valence-electron chi connectivity index (χ0n) is 12.4. The maximum atomic E-state index is 11.8. The summed E-state index contributed by atoms with van der Waals surface area (Å²) in [5, 5.41) is 8.65. The molecule has 0 amide bonds. The number of ether oxygens (including phenoxy) is 2. The molecule has 0 fully saturated rings. The lowest BCUT2D eigenvalue weighted by Gasteiger charge is -2.08. The van der Waals surface area contributed by atoms with Crippen LogP contribution < -0.4 is 4.74 Å². The lowest BCUT2D eigenvalue weighted by molar-refractivity contribution is 0.0492. The molecule has 6 heteroatoms. The molecule has 22 heavy (non-hydrogen) atoms. The van der Waals surface area contributed by atoms with Crippen LogP contribution in [-0.2, 0) is 11.3 Å². The molecule has 0 aliphatic rings. The summed E-state index contributed by atoms with van der Waals surface area (Å²) in [7, 11) is 0. The van der Waals surface area contributed by atoms with Gasteiger partial charge >= 0.3 is 5.97 Å². The van der Waals surface area contributed by atoms with Crippen molar-refractivity contribution < 1.29 is 19.4 Å². The van der Waals surface area contributed by atoms with Crippen molar-refractivity contribution in [3.8, 4) is 5.75 Å². The first-order valence-corrected chi connectivity index (χ1v) is 7.26. The van der Waals surface area contributed by atoms with Gasteiger partial charge in [-0.05, 0) is 37.1 Å². The van der Waals surface area contributed by atoms with Crippen molar-refractivity contribution in [2.45, 2.75) is 19.4 Å². The van der Waals surface area contributed by atoms with Crippen molar-refractivity contribution in [3.63, 3.8) is 0 Å². The third kappa shape index (κ3) is 5.21. The Morgan fingerprint density at radius 2 is 2.00 bits per heavy atom. The normalized spacial score (nSPS) is 10.4. The monoisotopic (exact) mass is 304 g/mol. The summed E-state index contributed by atoms with van der Waals surface area (Å²) in [4.78, 5) is 15.7. The van der Waals surface area contributed by atoms with Crippen LogP contribution in [0.25, 0.3) is 0 Å². The van der Waals surface area contributed by atoms with E-state index in [2.05, 4.69) is 4.98 Å². The number of aliphatic hydroxyl groups excluding tert-OH is 1. The highest BCUT2D eigenvalue weighted by Gasteiger charge is 2.06. The zero-order chi connectivity index (χ0) is 15.6. The van der Waals surface area contributed by atoms with E-state index in [9.17, 15) is 4.79 Å². The lowest BCUT2D eigenvalue weighted by Crippen LogP contribution is -2.08. The standard InChI is InChI=1S/C16H20N2O4/c19-10-1-2-11-22-16(20)14-3-5-15(6-4-14)21-12-9-18-8-7-17-13-18/h3-8,13,19H,1-2,9-12H2. The fraction of sp³-hybridized carbons (Fsp3) is 0.375. The van der Waals surface area contributed by atoms with Crippen molar-refractivity contribution in [1.82, 2.24) is 9.55 Å². The fourth-order valence-corrected chi connectivity index (χ4v) is 1.84. The predicted molar refractivity (Wildman–Crippen MR) is 80.8 cm³/mol. The molecule has 0 saturated carbocycles. The Morgan fingerprint density at radius 3 is 2.68 bits per heavy atom. The molecular formula is C16H20N2O4. The summed E-state index contributed by atoms with van der Waals surface area (Å²) in [5.41, 5.74) is 0.492. The van der Waals surface area contributed by atoms with E-state index in [4.69, 9.17) is 14.6 Å². The van der Waals surface area contributed by atoms with Crippen LogP contribution in [0.4, 0.5) is 0 Å². The molecule has 0 bridgehead atoms. The number of esters is 1. The molecular weight excluding hydrogens is 284 g/mol. The smallest absolute Gasteiger partial charge is 0.338 e. The molecule has 1 aromatic heterocycles. The fourth-order valence-electron chi connectivity index (χ4n) is 1.84. The number of hydrogen-bond acceptors (Lipinski definition) is 5. The number of benzene rings is 1. The number of rotatable bonds is 9. The average molecular weight is 304 g/mol. The van der Waals surface area contributed by atoms with Gasteiger partial charge in [0.1, 0.15) is 12.4 Å². The van der Waals surface area contributed by atoms with Crippen LogP contribution in [0.5, 0.6) is 5.75 Å². The summed E-state index contributed by atoms with van der Waals surface area (Å²) in [6.45, 7) is 1.68. The average Bonchev–Trinajstić information content (AvgIpc) is 3.05. The minimum atomic E-state index is -0.358. The maximum Gasteiger partial charge on any atom is 0.338 e. The molecule has 1 aromatic carbocycles. The van der Waals surface area contributed by atoms with Gasteiger partial charge in [-0.2, -0.15) is 0 Å². The van der Waals surface area contributed by atoms with Crippen molar-refractivity contribution in [3.05, 3.63) is 48.5 Å². The number of aromatic nitrogens is 2. The minimum absolute atomic E-state index is 0.114. The molecule has 1 heterocycles. The highest BCUT2D eigenvalue weighted by Crippen LogP contribution is 2.13. The van der Waals surface area contributed by atoms with Crippen LogP contribution in [0, 0.1) is 0 Å². The lowest BCUT2D eigenvalue weighted by atomic mass is 10.2. The topological polar surface area (TPSA) is 73.6 Å². The second-order valence-corrected chi connectivity index (χ2v) is 4.74. The largest absolute Gasteiger partial charge is 0.492 e. The van der Waals surface area contributed by atoms with Gasteiger partial charge < -0.3 is 19.1 Å². The molecule has 0 aliphatic heterocycles. The van der Waals surface area contributed by atoms with E-state index in [-0.39, 0.29) is 12.6 Å². The van der Waals surface area contributed by atoms with E-state index >= 15 is 0 Å². The molecule has 2 aromatic rings. The Hall–Kier alpha value is -2.34. The Bertz CT molecular complexity index is 552. The van der Waals surface area contributed by atoms with Crippen LogP contribution in [0.1, 0.15) is 23.2 Å². The van der Waals surface area contributed by atoms with Gasteiger partial charge in [-0.3, -0.25) is 0 Å². The number of unbranched alkanes of at least 4 members (excludes halogenated alkanes) is 1. The van der Waals surface area contributed by atoms with E-state index in [1.54, 1.807) is 36.8 Å². The quantitative estimate of drug-likeness (QED) is 0.566. The Balaban J connectivity index is 1.73. The van der Waals surface area contributed by atoms with Crippen LogP contribution in [-0.4, -0.2) is 40.4 Å². The SMILES string of the molecule is O=C(OCCCCO)c1ccc(OCCn2ccnc2)cc1. The molecule has 0 aliphatic carbocycles. The summed E-state index contributed by atoms with van der Waals surface area (Å²) in [6.07, 6.45) is 6.63. The molecule has 0 radical (unpaired) electrons. The molecule has 0 saturated heterocycles. The van der Waals surface area contributed by atoms with Crippen LogP contribution in [0.3, 0.4) is 0 Å². The van der Waals surface area contributed by atoms with E-state index in [0.717, 1.165) is 0 Å². The van der Waals surface area contributed by atoms with Gasteiger partial charge in [-0.1, -0.05) is 0 Å². The Labute approximate surface area is 129 Å². The number of aliphatic hydroxyl groups is 1.